The van der Waals surface area contributed by atoms with Crippen molar-refractivity contribution in [1.82, 2.24) is 14.0 Å². The van der Waals surface area contributed by atoms with Crippen LogP contribution in [0.2, 0.25) is 0 Å². The molecule has 1 fully saturated rings. The first-order chi connectivity index (χ1) is 14.4. The number of nitrogens with zero attached hydrogens (tertiary/aromatic N) is 3. The molecule has 1 aromatic heterocycles. The normalized spacial score (nSPS) is 19.8. The highest BCUT2D eigenvalue weighted by molar-refractivity contribution is 5.92. The van der Waals surface area contributed by atoms with Gasteiger partial charge in [-0.25, -0.2) is 4.79 Å². The number of carbonyl (C=O) groups excluding carboxylic acids is 1. The van der Waals surface area contributed by atoms with Gasteiger partial charge < -0.3 is 10.1 Å². The van der Waals surface area contributed by atoms with Crippen molar-refractivity contribution in [1.29, 1.82) is 0 Å². The molecule has 0 bridgehead atoms. The fourth-order valence-electron chi connectivity index (χ4n) is 4.28. The zero-order chi connectivity index (χ0) is 21.3. The van der Waals surface area contributed by atoms with Gasteiger partial charge in [0.15, 0.2) is 0 Å². The molecule has 0 spiro atoms. The van der Waals surface area contributed by atoms with Gasteiger partial charge >= 0.3 is 5.69 Å². The van der Waals surface area contributed by atoms with Gasteiger partial charge in [-0.3, -0.25) is 18.8 Å². The number of anilines is 1. The molecule has 0 saturated carbocycles. The maximum atomic E-state index is 12.8. The first-order valence-electron chi connectivity index (χ1n) is 10.3. The fourth-order valence-corrected chi connectivity index (χ4v) is 4.28. The molecule has 2 atom stereocenters. The first-order valence-corrected chi connectivity index (χ1v) is 10.3. The van der Waals surface area contributed by atoms with E-state index >= 15 is 0 Å². The average molecular weight is 409 g/mol. The van der Waals surface area contributed by atoms with E-state index in [0.29, 0.717) is 0 Å². The van der Waals surface area contributed by atoms with Crippen LogP contribution in [0, 0.1) is 0 Å². The van der Waals surface area contributed by atoms with E-state index in [4.69, 9.17) is 4.74 Å². The first kappa shape index (κ1) is 20.4. The van der Waals surface area contributed by atoms with Gasteiger partial charge in [0.05, 0.1) is 23.2 Å². The number of rotatable bonds is 5. The Kier molecular flexibility index (Phi) is 5.74. The van der Waals surface area contributed by atoms with Gasteiger partial charge in [0.1, 0.15) is 6.54 Å². The van der Waals surface area contributed by atoms with Crippen molar-refractivity contribution in [2.24, 2.45) is 7.05 Å². The molecule has 1 saturated heterocycles. The predicted octanol–water partition coefficient (Wildman–Crippen LogP) is 2.59. The number of benzene rings is 2. The molecule has 158 valence electrons. The number of carbonyl (C=O) groups is 1. The highest BCUT2D eigenvalue weighted by atomic mass is 16.5. The van der Waals surface area contributed by atoms with Gasteiger partial charge in [-0.05, 0) is 37.6 Å². The molecule has 3 aromatic rings. The van der Waals surface area contributed by atoms with Crippen LogP contribution in [-0.4, -0.2) is 45.2 Å². The summed E-state index contributed by atoms with van der Waals surface area (Å²) in [6.07, 6.45) is 0.377. The molecular formula is C23H28N4O3. The molecule has 30 heavy (non-hydrogen) atoms. The maximum Gasteiger partial charge on any atom is 0.329 e. The Morgan fingerprint density at radius 3 is 2.40 bits per heavy atom. The van der Waals surface area contributed by atoms with Crippen LogP contribution in [0.3, 0.4) is 0 Å². The van der Waals surface area contributed by atoms with E-state index in [1.807, 2.05) is 48.5 Å². The SMILES string of the molecule is CC1CN(Cc2ccccc2NC(=O)Cn2c(=O)n(C)c3ccccc32)CC(C)O1. The predicted molar refractivity (Wildman–Crippen MR) is 118 cm³/mol. The Bertz CT molecular complexity index is 1110. The molecule has 1 N–H and O–H groups in total. The number of hydrogen-bond acceptors (Lipinski definition) is 4. The monoisotopic (exact) mass is 408 g/mol. The van der Waals surface area contributed by atoms with E-state index in [1.165, 1.54) is 4.57 Å². The Labute approximate surface area is 175 Å². The van der Waals surface area contributed by atoms with Crippen LogP contribution < -0.4 is 11.0 Å². The summed E-state index contributed by atoms with van der Waals surface area (Å²) in [7, 11) is 1.72. The summed E-state index contributed by atoms with van der Waals surface area (Å²) in [5.41, 5.74) is 3.20. The molecule has 2 aromatic carbocycles. The Hall–Kier alpha value is -2.90. The van der Waals surface area contributed by atoms with Crippen LogP contribution in [0.4, 0.5) is 5.69 Å². The van der Waals surface area contributed by atoms with Crippen molar-refractivity contribution in [3.63, 3.8) is 0 Å². The van der Waals surface area contributed by atoms with Gasteiger partial charge in [-0.15, -0.1) is 0 Å². The van der Waals surface area contributed by atoms with Gasteiger partial charge in [-0.1, -0.05) is 30.3 Å². The smallest absolute Gasteiger partial charge is 0.329 e. The lowest BCUT2D eigenvalue weighted by Crippen LogP contribution is -2.44. The highest BCUT2D eigenvalue weighted by Crippen LogP contribution is 2.20. The quantitative estimate of drug-likeness (QED) is 0.705. The van der Waals surface area contributed by atoms with Gasteiger partial charge in [0.25, 0.3) is 0 Å². The number of fused-ring (bicyclic) bond motifs is 1. The van der Waals surface area contributed by atoms with Crippen LogP contribution in [0.5, 0.6) is 0 Å². The van der Waals surface area contributed by atoms with Crippen molar-refractivity contribution in [3.05, 3.63) is 64.6 Å². The van der Waals surface area contributed by atoms with Gasteiger partial charge in [-0.2, -0.15) is 0 Å². The standard InChI is InChI=1S/C23H28N4O3/c1-16-12-26(13-17(2)30-16)14-18-8-4-5-9-19(18)24-22(28)15-27-21-11-7-6-10-20(21)25(3)23(27)29/h4-11,16-17H,12-15H2,1-3H3,(H,24,28). The minimum atomic E-state index is -0.218. The van der Waals surface area contributed by atoms with Crippen LogP contribution in [0.1, 0.15) is 19.4 Å². The van der Waals surface area contributed by atoms with E-state index in [9.17, 15) is 9.59 Å². The lowest BCUT2D eigenvalue weighted by atomic mass is 10.1. The number of hydrogen-bond donors (Lipinski definition) is 1. The molecule has 4 rings (SSSR count). The summed E-state index contributed by atoms with van der Waals surface area (Å²) in [6.45, 7) is 6.59. The fraction of sp³-hybridized carbons (Fsp3) is 0.391. The van der Waals surface area contributed by atoms with E-state index in [1.54, 1.807) is 11.6 Å². The van der Waals surface area contributed by atoms with Crippen LogP contribution in [-0.2, 0) is 29.7 Å². The second-order valence-corrected chi connectivity index (χ2v) is 8.07. The average Bonchev–Trinajstić information content (AvgIpc) is 2.94. The van der Waals surface area contributed by atoms with Crippen molar-refractivity contribution < 1.29 is 9.53 Å². The minimum Gasteiger partial charge on any atom is -0.373 e. The molecule has 2 unspecified atom stereocenters. The van der Waals surface area contributed by atoms with Crippen LogP contribution in [0.15, 0.2) is 53.3 Å². The lowest BCUT2D eigenvalue weighted by Gasteiger charge is -2.35. The molecule has 1 amide bonds. The van der Waals surface area contributed by atoms with Crippen molar-refractivity contribution in [2.45, 2.75) is 39.1 Å². The third-order valence-electron chi connectivity index (χ3n) is 5.53. The van der Waals surface area contributed by atoms with E-state index in [-0.39, 0.29) is 30.3 Å². The lowest BCUT2D eigenvalue weighted by molar-refractivity contribution is -0.116. The van der Waals surface area contributed by atoms with E-state index in [2.05, 4.69) is 24.1 Å². The number of aromatic nitrogens is 2. The second-order valence-electron chi connectivity index (χ2n) is 8.07. The summed E-state index contributed by atoms with van der Waals surface area (Å²) >= 11 is 0. The van der Waals surface area contributed by atoms with Gasteiger partial charge in [0.2, 0.25) is 5.91 Å². The summed E-state index contributed by atoms with van der Waals surface area (Å²) < 4.78 is 8.90. The molecular weight excluding hydrogens is 380 g/mol. The third-order valence-corrected chi connectivity index (χ3v) is 5.53. The van der Waals surface area contributed by atoms with E-state index in [0.717, 1.165) is 41.9 Å². The van der Waals surface area contributed by atoms with E-state index < -0.39 is 0 Å². The molecule has 1 aliphatic rings. The number of para-hydroxylation sites is 3. The van der Waals surface area contributed by atoms with Crippen molar-refractivity contribution in [3.8, 4) is 0 Å². The van der Waals surface area contributed by atoms with Crippen molar-refractivity contribution >= 4 is 22.6 Å². The Morgan fingerprint density at radius 2 is 1.67 bits per heavy atom. The van der Waals surface area contributed by atoms with Crippen LogP contribution in [0.25, 0.3) is 11.0 Å². The molecule has 1 aliphatic heterocycles. The molecule has 2 heterocycles. The molecule has 7 nitrogen and oxygen atoms in total. The van der Waals surface area contributed by atoms with Gasteiger partial charge in [0, 0.05) is 32.4 Å². The third kappa shape index (κ3) is 4.17. The molecule has 0 aliphatic carbocycles. The number of amides is 1. The zero-order valence-electron chi connectivity index (χ0n) is 17.7. The molecule has 7 heteroatoms. The highest BCUT2D eigenvalue weighted by Gasteiger charge is 2.23. The van der Waals surface area contributed by atoms with Crippen molar-refractivity contribution in [2.75, 3.05) is 18.4 Å². The number of morpholine rings is 1. The molecule has 0 radical (unpaired) electrons. The summed E-state index contributed by atoms with van der Waals surface area (Å²) in [6, 6.07) is 15.3. The number of aryl methyl sites for hydroxylation is 1. The zero-order valence-corrected chi connectivity index (χ0v) is 17.7. The number of ether oxygens (including phenoxy) is 1. The number of nitrogens with one attached hydrogen (secondary N) is 1. The maximum absolute atomic E-state index is 12.8. The largest absolute Gasteiger partial charge is 0.373 e. The topological polar surface area (TPSA) is 68.5 Å². The second kappa shape index (κ2) is 8.45. The van der Waals surface area contributed by atoms with Crippen LogP contribution >= 0.6 is 0 Å². The summed E-state index contributed by atoms with van der Waals surface area (Å²) in [5, 5.41) is 3.01. The summed E-state index contributed by atoms with van der Waals surface area (Å²) in [4.78, 5) is 27.8. The number of imidazole rings is 1. The summed E-state index contributed by atoms with van der Waals surface area (Å²) in [5.74, 6) is -0.218. The Balaban J connectivity index is 1.51. The Morgan fingerprint density at radius 1 is 1.03 bits per heavy atom. The minimum absolute atomic E-state index is 0.0276.